The molecule has 264 valence electrons. The third-order valence-electron chi connectivity index (χ3n) is 13.1. The second-order valence-corrected chi connectivity index (χ2v) is 16.9. The van der Waals surface area contributed by atoms with E-state index in [0.717, 1.165) is 89.9 Å². The van der Waals surface area contributed by atoms with E-state index in [1.54, 1.807) is 0 Å². The Morgan fingerprint density at radius 1 is 0.540 bits per heavy atom. The number of benzene rings is 4. The lowest BCUT2D eigenvalue weighted by atomic mass is 9.56. The van der Waals surface area contributed by atoms with Gasteiger partial charge in [-0.2, -0.15) is 0 Å². The Labute approximate surface area is 299 Å². The fraction of sp³-hybridized carbons (Fsp3) is 0.478. The largest absolute Gasteiger partial charge is 0.508 e. The first-order valence-electron chi connectivity index (χ1n) is 19.1. The van der Waals surface area contributed by atoms with Crippen LogP contribution in [0.5, 0.6) is 11.5 Å². The summed E-state index contributed by atoms with van der Waals surface area (Å²) in [5.41, 5.74) is 7.22. The van der Waals surface area contributed by atoms with Crippen molar-refractivity contribution in [1.29, 1.82) is 0 Å². The number of aliphatic hydroxyl groups is 2. The van der Waals surface area contributed by atoms with Crippen molar-refractivity contribution in [3.63, 3.8) is 0 Å². The third-order valence-corrected chi connectivity index (χ3v) is 13.1. The Hall–Kier alpha value is -3.60. The molecule has 0 amide bonds. The molecule has 4 heteroatoms. The molecular weight excluding hydrogens is 617 g/mol. The zero-order chi connectivity index (χ0) is 35.0. The molecule has 0 unspecified atom stereocenters. The van der Waals surface area contributed by atoms with Gasteiger partial charge in [-0.15, -0.1) is 0 Å². The average Bonchev–Trinajstić information content (AvgIpc) is 3.32. The molecule has 4 aliphatic rings. The van der Waals surface area contributed by atoms with Crippen LogP contribution >= 0.6 is 0 Å². The molecule has 2 saturated carbocycles. The lowest BCUT2D eigenvalue weighted by Crippen LogP contribution is -2.47. The first-order valence-corrected chi connectivity index (χ1v) is 19.1. The van der Waals surface area contributed by atoms with Gasteiger partial charge in [0.1, 0.15) is 11.5 Å². The summed E-state index contributed by atoms with van der Waals surface area (Å²) in [6.07, 6.45) is 14.1. The molecule has 0 radical (unpaired) electrons. The minimum Gasteiger partial charge on any atom is -0.508 e. The van der Waals surface area contributed by atoms with E-state index in [1.807, 2.05) is 38.1 Å². The molecule has 6 atom stereocenters. The SMILES string of the molecule is C[C@@]1(O)CC[C@@]2(Cc3ccccc3)c3ccc(O)cc3CCC[C@H]2C1.C[C@]1(O)CC[C@]2(Cc3ccccc3)c3ccc(O)cc3CCC[C@@H]2C1. The molecule has 2 fully saturated rings. The smallest absolute Gasteiger partial charge is 0.115 e. The van der Waals surface area contributed by atoms with Crippen LogP contribution < -0.4 is 0 Å². The summed E-state index contributed by atoms with van der Waals surface area (Å²) in [6, 6.07) is 33.5. The van der Waals surface area contributed by atoms with Gasteiger partial charge < -0.3 is 20.4 Å². The highest BCUT2D eigenvalue weighted by Crippen LogP contribution is 2.55. The van der Waals surface area contributed by atoms with Gasteiger partial charge in [-0.25, -0.2) is 0 Å². The monoisotopic (exact) mass is 672 g/mol. The van der Waals surface area contributed by atoms with Gasteiger partial charge in [-0.1, -0.05) is 72.8 Å². The number of hydrogen-bond acceptors (Lipinski definition) is 4. The Morgan fingerprint density at radius 2 is 0.940 bits per heavy atom. The molecule has 4 nitrogen and oxygen atoms in total. The number of fused-ring (bicyclic) bond motifs is 6. The van der Waals surface area contributed by atoms with Crippen LogP contribution in [0.2, 0.25) is 0 Å². The van der Waals surface area contributed by atoms with Gasteiger partial charge in [0, 0.05) is 10.8 Å². The summed E-state index contributed by atoms with van der Waals surface area (Å²) in [7, 11) is 0. The normalized spacial score (nSPS) is 31.7. The topological polar surface area (TPSA) is 80.9 Å². The highest BCUT2D eigenvalue weighted by molar-refractivity contribution is 5.45. The molecule has 8 rings (SSSR count). The van der Waals surface area contributed by atoms with Crippen LogP contribution in [0.3, 0.4) is 0 Å². The first-order chi connectivity index (χ1) is 24.0. The molecule has 4 N–H and O–H groups in total. The summed E-state index contributed by atoms with van der Waals surface area (Å²) in [5, 5.41) is 41.5. The van der Waals surface area contributed by atoms with Gasteiger partial charge in [0.25, 0.3) is 0 Å². The van der Waals surface area contributed by atoms with Crippen molar-refractivity contribution in [2.45, 2.75) is 126 Å². The Balaban J connectivity index is 0.000000157. The van der Waals surface area contributed by atoms with Crippen molar-refractivity contribution in [2.24, 2.45) is 11.8 Å². The lowest BCUT2D eigenvalue weighted by molar-refractivity contribution is -0.0333. The minimum atomic E-state index is -0.549. The van der Waals surface area contributed by atoms with Crippen molar-refractivity contribution in [3.8, 4) is 11.5 Å². The predicted molar refractivity (Wildman–Crippen MR) is 202 cm³/mol. The number of hydrogen-bond donors (Lipinski definition) is 4. The summed E-state index contributed by atoms with van der Waals surface area (Å²) in [4.78, 5) is 0. The third kappa shape index (κ3) is 7.12. The molecule has 50 heavy (non-hydrogen) atoms. The van der Waals surface area contributed by atoms with Gasteiger partial charge in [-0.3, -0.25) is 0 Å². The van der Waals surface area contributed by atoms with Gasteiger partial charge in [-0.05, 0) is 173 Å². The van der Waals surface area contributed by atoms with E-state index < -0.39 is 11.2 Å². The molecule has 4 aromatic rings. The van der Waals surface area contributed by atoms with Crippen LogP contribution in [-0.4, -0.2) is 31.6 Å². The van der Waals surface area contributed by atoms with Crippen molar-refractivity contribution >= 4 is 0 Å². The number of phenols is 2. The van der Waals surface area contributed by atoms with Crippen molar-refractivity contribution in [1.82, 2.24) is 0 Å². The highest BCUT2D eigenvalue weighted by atomic mass is 16.3. The van der Waals surface area contributed by atoms with E-state index in [9.17, 15) is 20.4 Å². The minimum absolute atomic E-state index is 0.0725. The van der Waals surface area contributed by atoms with Crippen molar-refractivity contribution in [3.05, 3.63) is 130 Å². The standard InChI is InChI=1S/2C23H28O2/c2*1-22(25)12-13-23(15-17-6-3-2-4-7-17)19(16-22)9-5-8-18-14-20(24)10-11-21(18)23/h2*2-4,6-7,10-11,14,19,24-25H,5,8-9,12-13,15-16H2,1H3/t2*19-,22+,23-/m10/s1. The number of aryl methyl sites for hydroxylation is 2. The fourth-order valence-corrected chi connectivity index (χ4v) is 10.7. The Morgan fingerprint density at radius 3 is 1.34 bits per heavy atom. The summed E-state index contributed by atoms with van der Waals surface area (Å²) in [5.74, 6) is 1.72. The predicted octanol–water partition coefficient (Wildman–Crippen LogP) is 9.52. The molecule has 0 bridgehead atoms. The van der Waals surface area contributed by atoms with Gasteiger partial charge >= 0.3 is 0 Å². The first kappa shape index (κ1) is 34.8. The summed E-state index contributed by atoms with van der Waals surface area (Å²) in [6.45, 7) is 4.00. The van der Waals surface area contributed by atoms with E-state index in [2.05, 4.69) is 72.8 Å². The molecule has 0 aromatic heterocycles. The molecular formula is C46H56O4. The molecule has 4 aromatic carbocycles. The van der Waals surface area contributed by atoms with E-state index >= 15 is 0 Å². The Bertz CT molecular complexity index is 1630. The van der Waals surface area contributed by atoms with Crippen LogP contribution in [0.25, 0.3) is 0 Å². The summed E-state index contributed by atoms with van der Waals surface area (Å²) < 4.78 is 0. The quantitative estimate of drug-likeness (QED) is 0.174. The van der Waals surface area contributed by atoms with E-state index in [4.69, 9.17) is 0 Å². The van der Waals surface area contributed by atoms with E-state index in [0.29, 0.717) is 23.3 Å². The number of phenolic OH excluding ortho intramolecular Hbond substituents is 2. The zero-order valence-electron chi connectivity index (χ0n) is 30.1. The van der Waals surface area contributed by atoms with Crippen LogP contribution in [0, 0.1) is 11.8 Å². The molecule has 0 heterocycles. The molecule has 0 saturated heterocycles. The fourth-order valence-electron chi connectivity index (χ4n) is 10.7. The van der Waals surface area contributed by atoms with E-state index in [1.165, 1.54) is 33.4 Å². The Kier molecular flexibility index (Phi) is 9.65. The van der Waals surface area contributed by atoms with E-state index in [-0.39, 0.29) is 10.8 Å². The molecule has 0 aliphatic heterocycles. The number of rotatable bonds is 4. The zero-order valence-corrected chi connectivity index (χ0v) is 30.1. The number of aromatic hydroxyl groups is 2. The van der Waals surface area contributed by atoms with Crippen LogP contribution in [0.15, 0.2) is 97.1 Å². The molecule has 4 aliphatic carbocycles. The molecule has 0 spiro atoms. The van der Waals surface area contributed by atoms with Crippen LogP contribution in [0.1, 0.15) is 111 Å². The summed E-state index contributed by atoms with van der Waals surface area (Å²) >= 11 is 0. The highest BCUT2D eigenvalue weighted by Gasteiger charge is 2.50. The average molecular weight is 673 g/mol. The van der Waals surface area contributed by atoms with Crippen LogP contribution in [-0.2, 0) is 36.5 Å². The second-order valence-electron chi connectivity index (χ2n) is 16.9. The van der Waals surface area contributed by atoms with Gasteiger partial charge in [0.15, 0.2) is 0 Å². The van der Waals surface area contributed by atoms with Gasteiger partial charge in [0.2, 0.25) is 0 Å². The maximum absolute atomic E-state index is 10.7. The van der Waals surface area contributed by atoms with Crippen molar-refractivity contribution < 1.29 is 20.4 Å². The van der Waals surface area contributed by atoms with Gasteiger partial charge in [0.05, 0.1) is 11.2 Å². The lowest BCUT2D eigenvalue weighted by Gasteiger charge is -2.49. The maximum atomic E-state index is 10.7. The van der Waals surface area contributed by atoms with Crippen molar-refractivity contribution in [2.75, 3.05) is 0 Å². The van der Waals surface area contributed by atoms with Crippen LogP contribution in [0.4, 0.5) is 0 Å². The maximum Gasteiger partial charge on any atom is 0.115 e. The second kappa shape index (κ2) is 13.8.